The molecular formula is C18H23N3O. The van der Waals surface area contributed by atoms with E-state index >= 15 is 0 Å². The largest absolute Gasteiger partial charge is 0.324 e. The molecule has 1 atom stereocenters. The van der Waals surface area contributed by atoms with Crippen LogP contribution in [0.4, 0.5) is 5.69 Å². The summed E-state index contributed by atoms with van der Waals surface area (Å²) in [4.78, 5) is 16.4. The Bertz CT molecular complexity index is 630. The van der Waals surface area contributed by atoms with E-state index in [1.165, 1.54) is 5.56 Å². The minimum absolute atomic E-state index is 0.0344. The standard InChI is InChI=1S/C18H23N3O/c1-12-9-13(2)18(14(3)10-12)21-17(22)11-20-15(4)16-7-5-6-8-19-16/h5-10,15,20H,11H2,1-4H3,(H,21,22). The van der Waals surface area contributed by atoms with Crippen molar-refractivity contribution in [3.8, 4) is 0 Å². The van der Waals surface area contributed by atoms with Crippen LogP contribution in [-0.2, 0) is 4.79 Å². The van der Waals surface area contributed by atoms with Crippen molar-refractivity contribution in [1.29, 1.82) is 0 Å². The maximum Gasteiger partial charge on any atom is 0.238 e. The first-order chi connectivity index (χ1) is 10.5. The number of carbonyl (C=O) groups is 1. The van der Waals surface area contributed by atoms with Crippen molar-refractivity contribution in [2.75, 3.05) is 11.9 Å². The Balaban J connectivity index is 1.94. The molecule has 0 saturated heterocycles. The van der Waals surface area contributed by atoms with Gasteiger partial charge in [-0.25, -0.2) is 0 Å². The summed E-state index contributed by atoms with van der Waals surface area (Å²) in [6.07, 6.45) is 1.76. The maximum absolute atomic E-state index is 12.1. The zero-order valence-electron chi connectivity index (χ0n) is 13.6. The van der Waals surface area contributed by atoms with E-state index in [4.69, 9.17) is 0 Å². The second-order valence-electron chi connectivity index (χ2n) is 5.68. The molecule has 116 valence electrons. The highest BCUT2D eigenvalue weighted by molar-refractivity contribution is 5.93. The van der Waals surface area contributed by atoms with Crippen LogP contribution in [0.2, 0.25) is 0 Å². The first-order valence-electron chi connectivity index (χ1n) is 7.49. The van der Waals surface area contributed by atoms with Gasteiger partial charge >= 0.3 is 0 Å². The van der Waals surface area contributed by atoms with E-state index in [0.29, 0.717) is 0 Å². The number of nitrogens with zero attached hydrogens (tertiary/aromatic N) is 1. The lowest BCUT2D eigenvalue weighted by molar-refractivity contribution is -0.115. The summed E-state index contributed by atoms with van der Waals surface area (Å²) in [6, 6.07) is 9.96. The van der Waals surface area contributed by atoms with Crippen molar-refractivity contribution in [3.63, 3.8) is 0 Å². The van der Waals surface area contributed by atoms with Crippen molar-refractivity contribution in [2.45, 2.75) is 33.7 Å². The Kier molecular flexibility index (Phi) is 5.28. The molecule has 0 radical (unpaired) electrons. The van der Waals surface area contributed by atoms with Gasteiger partial charge in [-0.05, 0) is 51.0 Å². The highest BCUT2D eigenvalue weighted by atomic mass is 16.1. The summed E-state index contributed by atoms with van der Waals surface area (Å²) in [5.74, 6) is -0.0437. The van der Waals surface area contributed by atoms with E-state index in [1.807, 2.05) is 39.0 Å². The first kappa shape index (κ1) is 16.2. The van der Waals surface area contributed by atoms with Gasteiger partial charge in [0.25, 0.3) is 0 Å². The normalized spacial score (nSPS) is 12.0. The van der Waals surface area contributed by atoms with Gasteiger partial charge in [0.05, 0.1) is 12.2 Å². The second kappa shape index (κ2) is 7.18. The first-order valence-corrected chi connectivity index (χ1v) is 7.49. The van der Waals surface area contributed by atoms with Gasteiger partial charge in [-0.1, -0.05) is 23.8 Å². The van der Waals surface area contributed by atoms with Gasteiger partial charge in [0, 0.05) is 17.9 Å². The molecule has 0 aliphatic rings. The molecule has 1 amide bonds. The summed E-state index contributed by atoms with van der Waals surface area (Å²) in [5, 5.41) is 6.19. The van der Waals surface area contributed by atoms with Crippen LogP contribution in [0, 0.1) is 20.8 Å². The van der Waals surface area contributed by atoms with Crippen LogP contribution in [0.3, 0.4) is 0 Å². The molecular weight excluding hydrogens is 274 g/mol. The average Bonchev–Trinajstić information content (AvgIpc) is 2.49. The van der Waals surface area contributed by atoms with Crippen LogP contribution in [0.5, 0.6) is 0 Å². The zero-order chi connectivity index (χ0) is 16.1. The van der Waals surface area contributed by atoms with Crippen LogP contribution < -0.4 is 10.6 Å². The summed E-state index contributed by atoms with van der Waals surface area (Å²) in [7, 11) is 0. The van der Waals surface area contributed by atoms with Crippen molar-refractivity contribution in [1.82, 2.24) is 10.3 Å². The second-order valence-corrected chi connectivity index (χ2v) is 5.68. The Morgan fingerprint density at radius 2 is 1.86 bits per heavy atom. The fraction of sp³-hybridized carbons (Fsp3) is 0.333. The lowest BCUT2D eigenvalue weighted by Gasteiger charge is -2.15. The molecule has 0 spiro atoms. The Morgan fingerprint density at radius 3 is 2.45 bits per heavy atom. The van der Waals surface area contributed by atoms with Gasteiger partial charge in [-0.15, -0.1) is 0 Å². The number of rotatable bonds is 5. The van der Waals surface area contributed by atoms with Gasteiger partial charge in [-0.3, -0.25) is 9.78 Å². The molecule has 0 aliphatic carbocycles. The molecule has 4 nitrogen and oxygen atoms in total. The van der Waals surface area contributed by atoms with E-state index in [2.05, 4.69) is 34.7 Å². The highest BCUT2D eigenvalue weighted by Crippen LogP contribution is 2.21. The summed E-state index contributed by atoms with van der Waals surface area (Å²) in [5.41, 5.74) is 5.21. The molecule has 22 heavy (non-hydrogen) atoms. The number of aryl methyl sites for hydroxylation is 3. The number of nitrogens with one attached hydrogen (secondary N) is 2. The lowest BCUT2D eigenvalue weighted by Crippen LogP contribution is -2.30. The van der Waals surface area contributed by atoms with Crippen LogP contribution in [-0.4, -0.2) is 17.4 Å². The number of anilines is 1. The van der Waals surface area contributed by atoms with Crippen LogP contribution in [0.1, 0.15) is 35.3 Å². The molecule has 1 aromatic heterocycles. The molecule has 0 bridgehead atoms. The topological polar surface area (TPSA) is 54.0 Å². The van der Waals surface area contributed by atoms with Crippen LogP contribution in [0.25, 0.3) is 0 Å². The molecule has 1 aromatic carbocycles. The van der Waals surface area contributed by atoms with Gasteiger partial charge in [-0.2, -0.15) is 0 Å². The zero-order valence-corrected chi connectivity index (χ0v) is 13.6. The molecule has 1 unspecified atom stereocenters. The number of benzene rings is 1. The Hall–Kier alpha value is -2.20. The fourth-order valence-electron chi connectivity index (χ4n) is 2.54. The van der Waals surface area contributed by atoms with E-state index in [-0.39, 0.29) is 18.5 Å². The minimum atomic E-state index is -0.0437. The van der Waals surface area contributed by atoms with Gasteiger partial charge in [0.15, 0.2) is 0 Å². The average molecular weight is 297 g/mol. The third kappa shape index (κ3) is 4.15. The highest BCUT2D eigenvalue weighted by Gasteiger charge is 2.11. The molecule has 2 aromatic rings. The van der Waals surface area contributed by atoms with E-state index < -0.39 is 0 Å². The van der Waals surface area contributed by atoms with Gasteiger partial charge < -0.3 is 10.6 Å². The summed E-state index contributed by atoms with van der Waals surface area (Å²) < 4.78 is 0. The van der Waals surface area contributed by atoms with Crippen molar-refractivity contribution in [2.24, 2.45) is 0 Å². The number of pyridine rings is 1. The predicted molar refractivity (Wildman–Crippen MR) is 89.9 cm³/mol. The van der Waals surface area contributed by atoms with Crippen LogP contribution in [0.15, 0.2) is 36.5 Å². The van der Waals surface area contributed by atoms with E-state index in [9.17, 15) is 4.79 Å². The third-order valence-electron chi connectivity index (χ3n) is 3.64. The van der Waals surface area contributed by atoms with Crippen LogP contribution >= 0.6 is 0 Å². The van der Waals surface area contributed by atoms with Crippen molar-refractivity contribution < 1.29 is 4.79 Å². The number of amides is 1. The minimum Gasteiger partial charge on any atom is -0.324 e. The third-order valence-corrected chi connectivity index (χ3v) is 3.64. The molecule has 0 fully saturated rings. The molecule has 0 saturated carbocycles. The molecule has 4 heteroatoms. The van der Waals surface area contributed by atoms with Crippen molar-refractivity contribution >= 4 is 11.6 Å². The Labute approximate surface area is 132 Å². The number of hydrogen-bond donors (Lipinski definition) is 2. The molecule has 2 rings (SSSR count). The summed E-state index contributed by atoms with van der Waals surface area (Å²) >= 11 is 0. The summed E-state index contributed by atoms with van der Waals surface area (Å²) in [6.45, 7) is 8.34. The van der Waals surface area contributed by atoms with Crippen molar-refractivity contribution in [3.05, 3.63) is 58.9 Å². The van der Waals surface area contributed by atoms with E-state index in [0.717, 1.165) is 22.5 Å². The number of aromatic nitrogens is 1. The molecule has 0 aliphatic heterocycles. The predicted octanol–water partition coefficient (Wildman–Crippen LogP) is 3.30. The fourth-order valence-corrected chi connectivity index (χ4v) is 2.54. The van der Waals surface area contributed by atoms with Gasteiger partial charge in [0.2, 0.25) is 5.91 Å². The van der Waals surface area contributed by atoms with Gasteiger partial charge in [0.1, 0.15) is 0 Å². The monoisotopic (exact) mass is 297 g/mol. The maximum atomic E-state index is 12.1. The molecule has 2 N–H and O–H groups in total. The Morgan fingerprint density at radius 1 is 1.18 bits per heavy atom. The SMILES string of the molecule is Cc1cc(C)c(NC(=O)CNC(C)c2ccccn2)c(C)c1. The number of hydrogen-bond acceptors (Lipinski definition) is 3. The quantitative estimate of drug-likeness (QED) is 0.890. The smallest absolute Gasteiger partial charge is 0.238 e. The van der Waals surface area contributed by atoms with E-state index in [1.54, 1.807) is 6.20 Å². The lowest BCUT2D eigenvalue weighted by atomic mass is 10.1. The molecule has 1 heterocycles. The number of carbonyl (C=O) groups excluding carboxylic acids is 1.